The Hall–Kier alpha value is -0.538. The van der Waals surface area contributed by atoms with Gasteiger partial charge in [0.1, 0.15) is 10.6 Å². The Morgan fingerprint density at radius 2 is 1.67 bits per heavy atom. The van der Waals surface area contributed by atoms with Gasteiger partial charge in [0.25, 0.3) is 10.1 Å². The molecule has 6 heteroatoms. The molecule has 0 atom stereocenters. The molecule has 1 rings (SSSR count). The predicted molar refractivity (Wildman–Crippen MR) is 47.9 cm³/mol. The molecule has 1 aromatic rings. The molecular formula is C6H9AlO4S. The van der Waals surface area contributed by atoms with Gasteiger partial charge in [0.15, 0.2) is 17.4 Å². The zero-order valence-corrected chi connectivity index (χ0v) is 6.25. The van der Waals surface area contributed by atoms with E-state index in [1.165, 1.54) is 18.2 Å². The Morgan fingerprint density at radius 1 is 1.17 bits per heavy atom. The van der Waals surface area contributed by atoms with Gasteiger partial charge in [-0.25, -0.2) is 0 Å². The molecule has 0 saturated heterocycles. The van der Waals surface area contributed by atoms with Crippen LogP contribution in [0.5, 0.6) is 5.75 Å². The maximum absolute atomic E-state index is 10.4. The molecule has 0 radical (unpaired) electrons. The Labute approximate surface area is 80.7 Å². The standard InChI is InChI=1S/C6H6O4S.Al.3H/c7-5-3-1-2-4-6(5)11(8,9)10;;;;/h1-4,7H,(H,8,9,10);;;;. The highest BCUT2D eigenvalue weighted by atomic mass is 32.2. The molecule has 0 amide bonds. The number of benzene rings is 1. The number of phenols is 1. The first-order chi connectivity index (χ1) is 5.02. The fourth-order valence-electron chi connectivity index (χ4n) is 0.675. The third kappa shape index (κ3) is 2.50. The van der Waals surface area contributed by atoms with Crippen LogP contribution in [0.25, 0.3) is 0 Å². The quantitative estimate of drug-likeness (QED) is 0.475. The van der Waals surface area contributed by atoms with Crippen molar-refractivity contribution in [1.29, 1.82) is 0 Å². The van der Waals surface area contributed by atoms with Gasteiger partial charge in [-0.1, -0.05) is 12.1 Å². The van der Waals surface area contributed by atoms with Crippen LogP contribution in [-0.2, 0) is 10.1 Å². The molecule has 12 heavy (non-hydrogen) atoms. The van der Waals surface area contributed by atoms with Gasteiger partial charge in [-0.05, 0) is 12.1 Å². The van der Waals surface area contributed by atoms with Gasteiger partial charge in [0.2, 0.25) is 0 Å². The molecule has 0 aliphatic carbocycles. The van der Waals surface area contributed by atoms with Crippen molar-refractivity contribution in [3.05, 3.63) is 24.3 Å². The molecule has 0 unspecified atom stereocenters. The molecule has 0 aliphatic rings. The fourth-order valence-corrected chi connectivity index (χ4v) is 1.26. The summed E-state index contributed by atoms with van der Waals surface area (Å²) >= 11 is 0. The molecule has 0 aliphatic heterocycles. The molecular weight excluding hydrogens is 195 g/mol. The van der Waals surface area contributed by atoms with Gasteiger partial charge in [0, 0.05) is 0 Å². The van der Waals surface area contributed by atoms with Gasteiger partial charge in [0.05, 0.1) is 0 Å². The van der Waals surface area contributed by atoms with Gasteiger partial charge in [-0.15, -0.1) is 0 Å². The van der Waals surface area contributed by atoms with Crippen molar-refractivity contribution in [2.24, 2.45) is 0 Å². The van der Waals surface area contributed by atoms with Gasteiger partial charge >= 0.3 is 0 Å². The lowest BCUT2D eigenvalue weighted by molar-refractivity contribution is 0.443. The van der Waals surface area contributed by atoms with Crippen LogP contribution < -0.4 is 0 Å². The molecule has 0 spiro atoms. The lowest BCUT2D eigenvalue weighted by Gasteiger charge is -1.97. The van der Waals surface area contributed by atoms with Crippen LogP contribution in [0.1, 0.15) is 0 Å². The Kier molecular flexibility index (Phi) is 3.74. The van der Waals surface area contributed by atoms with Crippen LogP contribution in [0.2, 0.25) is 0 Å². The third-order valence-electron chi connectivity index (χ3n) is 1.14. The number of para-hydroxylation sites is 1. The Bertz CT molecular complexity index is 360. The van der Waals surface area contributed by atoms with Gasteiger partial charge < -0.3 is 5.11 Å². The molecule has 66 valence electrons. The molecule has 0 fully saturated rings. The average molecular weight is 204 g/mol. The Balaban J connectivity index is 0.00000121. The maximum Gasteiger partial charge on any atom is 0.298 e. The van der Waals surface area contributed by atoms with Crippen LogP contribution in [0, 0.1) is 0 Å². The molecule has 0 saturated carbocycles. The minimum atomic E-state index is -4.28. The van der Waals surface area contributed by atoms with Crippen molar-refractivity contribution in [3.63, 3.8) is 0 Å². The summed E-state index contributed by atoms with van der Waals surface area (Å²) in [5.74, 6) is -0.449. The summed E-state index contributed by atoms with van der Waals surface area (Å²) in [6, 6.07) is 5.17. The number of aromatic hydroxyl groups is 1. The first-order valence-electron chi connectivity index (χ1n) is 2.77. The molecule has 2 N–H and O–H groups in total. The zero-order chi connectivity index (χ0) is 8.48. The van der Waals surface area contributed by atoms with Crippen LogP contribution in [0.15, 0.2) is 29.2 Å². The van der Waals surface area contributed by atoms with E-state index in [0.29, 0.717) is 0 Å². The van der Waals surface area contributed by atoms with E-state index in [9.17, 15) is 8.42 Å². The molecule has 4 nitrogen and oxygen atoms in total. The topological polar surface area (TPSA) is 74.6 Å². The molecule has 1 aromatic carbocycles. The van der Waals surface area contributed by atoms with E-state index in [2.05, 4.69) is 0 Å². The summed E-state index contributed by atoms with van der Waals surface area (Å²) in [5, 5.41) is 8.91. The predicted octanol–water partition coefficient (Wildman–Crippen LogP) is -0.545. The summed E-state index contributed by atoms with van der Waals surface area (Å²) in [4.78, 5) is -0.472. The van der Waals surface area contributed by atoms with Crippen LogP contribution in [0.3, 0.4) is 0 Å². The monoisotopic (exact) mass is 204 g/mol. The van der Waals surface area contributed by atoms with E-state index >= 15 is 0 Å². The van der Waals surface area contributed by atoms with Crippen molar-refractivity contribution >= 4 is 27.5 Å². The second-order valence-corrected chi connectivity index (χ2v) is 3.33. The maximum atomic E-state index is 10.4. The summed E-state index contributed by atoms with van der Waals surface area (Å²) in [7, 11) is -4.28. The van der Waals surface area contributed by atoms with E-state index in [-0.39, 0.29) is 17.4 Å². The zero-order valence-electron chi connectivity index (χ0n) is 5.43. The van der Waals surface area contributed by atoms with Crippen LogP contribution >= 0.6 is 0 Å². The highest BCUT2D eigenvalue weighted by Crippen LogP contribution is 2.20. The highest BCUT2D eigenvalue weighted by Gasteiger charge is 2.12. The minimum Gasteiger partial charge on any atom is -0.506 e. The second kappa shape index (κ2) is 3.92. The van der Waals surface area contributed by atoms with E-state index in [0.717, 1.165) is 6.07 Å². The smallest absolute Gasteiger partial charge is 0.298 e. The van der Waals surface area contributed by atoms with Crippen LogP contribution in [0.4, 0.5) is 0 Å². The van der Waals surface area contributed by atoms with E-state index < -0.39 is 20.8 Å². The summed E-state index contributed by atoms with van der Waals surface area (Å²) in [5.41, 5.74) is 0. The van der Waals surface area contributed by atoms with Crippen molar-refractivity contribution < 1.29 is 18.1 Å². The van der Waals surface area contributed by atoms with Crippen molar-refractivity contribution in [3.8, 4) is 5.75 Å². The minimum absolute atomic E-state index is 0. The SMILES string of the molecule is O=S(=O)(O)c1ccccc1O.[AlH3]. The number of rotatable bonds is 1. The van der Waals surface area contributed by atoms with Gasteiger partial charge in [-0.2, -0.15) is 8.42 Å². The van der Waals surface area contributed by atoms with E-state index in [4.69, 9.17) is 9.66 Å². The van der Waals surface area contributed by atoms with Crippen molar-refractivity contribution in [2.45, 2.75) is 4.90 Å². The average Bonchev–Trinajstić information content (AvgIpc) is 1.86. The fraction of sp³-hybridized carbons (Fsp3) is 0. The summed E-state index contributed by atoms with van der Waals surface area (Å²) in [6.07, 6.45) is 0. The molecule has 0 bridgehead atoms. The largest absolute Gasteiger partial charge is 0.506 e. The van der Waals surface area contributed by atoms with Crippen LogP contribution in [-0.4, -0.2) is 35.4 Å². The third-order valence-corrected chi connectivity index (χ3v) is 2.04. The molecule has 0 aromatic heterocycles. The van der Waals surface area contributed by atoms with E-state index in [1.807, 2.05) is 0 Å². The van der Waals surface area contributed by atoms with Gasteiger partial charge in [-0.3, -0.25) is 4.55 Å². The lowest BCUT2D eigenvalue weighted by Crippen LogP contribution is -1.97. The first kappa shape index (κ1) is 11.5. The molecule has 0 heterocycles. The number of hydrogen-bond donors (Lipinski definition) is 2. The number of hydrogen-bond acceptors (Lipinski definition) is 3. The normalized spacial score (nSPS) is 10.4. The summed E-state index contributed by atoms with van der Waals surface area (Å²) < 4.78 is 29.4. The van der Waals surface area contributed by atoms with Crippen molar-refractivity contribution in [2.75, 3.05) is 0 Å². The van der Waals surface area contributed by atoms with Crippen molar-refractivity contribution in [1.82, 2.24) is 0 Å². The number of phenolic OH excluding ortho intramolecular Hbond substituents is 1. The first-order valence-corrected chi connectivity index (χ1v) is 4.21. The van der Waals surface area contributed by atoms with E-state index in [1.54, 1.807) is 0 Å². The highest BCUT2D eigenvalue weighted by molar-refractivity contribution is 7.86. The summed E-state index contributed by atoms with van der Waals surface area (Å²) in [6.45, 7) is 0. The second-order valence-electron chi connectivity index (χ2n) is 1.94. The lowest BCUT2D eigenvalue weighted by atomic mass is 10.3. The Morgan fingerprint density at radius 3 is 2.00 bits per heavy atom.